The SMILES string of the molecule is CCCn1c(NC(=O)c2cc(COc3c(C)cc(C)cc3C)cs2)nc2ccccc21. The van der Waals surface area contributed by atoms with E-state index >= 15 is 0 Å². The molecule has 4 rings (SSSR count). The lowest BCUT2D eigenvalue weighted by Gasteiger charge is -2.12. The number of para-hydroxylation sites is 2. The molecule has 0 bridgehead atoms. The fraction of sp³-hybridized carbons (Fsp3) is 0.280. The molecule has 2 heterocycles. The van der Waals surface area contributed by atoms with Crippen molar-refractivity contribution in [1.29, 1.82) is 0 Å². The van der Waals surface area contributed by atoms with Crippen LogP contribution in [-0.4, -0.2) is 15.5 Å². The second kappa shape index (κ2) is 8.94. The maximum absolute atomic E-state index is 12.9. The number of thiophene rings is 1. The third-order valence-corrected chi connectivity index (χ3v) is 6.17. The molecule has 1 amide bonds. The molecule has 6 heteroatoms. The number of nitrogens with zero attached hydrogens (tertiary/aromatic N) is 2. The predicted octanol–water partition coefficient (Wildman–Crippen LogP) is 6.26. The van der Waals surface area contributed by atoms with Crippen LogP contribution in [0.5, 0.6) is 5.75 Å². The number of hydrogen-bond donors (Lipinski definition) is 1. The van der Waals surface area contributed by atoms with Gasteiger partial charge in [-0.3, -0.25) is 10.1 Å². The smallest absolute Gasteiger partial charge is 0.268 e. The number of aryl methyl sites for hydroxylation is 4. The van der Waals surface area contributed by atoms with Crippen molar-refractivity contribution in [2.24, 2.45) is 0 Å². The summed E-state index contributed by atoms with van der Waals surface area (Å²) in [6.45, 7) is 9.55. The molecule has 160 valence electrons. The van der Waals surface area contributed by atoms with E-state index in [1.807, 2.05) is 35.7 Å². The largest absolute Gasteiger partial charge is 0.488 e. The number of amides is 1. The van der Waals surface area contributed by atoms with Crippen LogP contribution in [0.2, 0.25) is 0 Å². The Kier molecular flexibility index (Phi) is 6.09. The number of anilines is 1. The zero-order valence-corrected chi connectivity index (χ0v) is 19.2. The topological polar surface area (TPSA) is 56.2 Å². The van der Waals surface area contributed by atoms with E-state index < -0.39 is 0 Å². The quantitative estimate of drug-likeness (QED) is 0.374. The molecule has 0 unspecified atom stereocenters. The van der Waals surface area contributed by atoms with Crippen LogP contribution in [-0.2, 0) is 13.2 Å². The molecule has 0 spiro atoms. The predicted molar refractivity (Wildman–Crippen MR) is 127 cm³/mol. The van der Waals surface area contributed by atoms with Crippen LogP contribution in [0.25, 0.3) is 11.0 Å². The Bertz CT molecular complexity index is 1220. The molecule has 0 atom stereocenters. The second-order valence-corrected chi connectivity index (χ2v) is 8.78. The van der Waals surface area contributed by atoms with Gasteiger partial charge in [0.1, 0.15) is 12.4 Å². The van der Waals surface area contributed by atoms with E-state index in [1.165, 1.54) is 16.9 Å². The number of aromatic nitrogens is 2. The Balaban J connectivity index is 1.48. The van der Waals surface area contributed by atoms with E-state index in [0.717, 1.165) is 46.4 Å². The van der Waals surface area contributed by atoms with E-state index in [2.05, 4.69) is 54.7 Å². The van der Waals surface area contributed by atoms with E-state index in [1.54, 1.807) is 0 Å². The molecule has 31 heavy (non-hydrogen) atoms. The Morgan fingerprint density at radius 1 is 1.13 bits per heavy atom. The van der Waals surface area contributed by atoms with Crippen LogP contribution in [0.1, 0.15) is 45.3 Å². The van der Waals surface area contributed by atoms with Gasteiger partial charge in [-0.05, 0) is 61.9 Å². The monoisotopic (exact) mass is 433 g/mol. The highest BCUT2D eigenvalue weighted by Crippen LogP contribution is 2.27. The first-order valence-corrected chi connectivity index (χ1v) is 11.4. The summed E-state index contributed by atoms with van der Waals surface area (Å²) in [6, 6.07) is 14.1. The van der Waals surface area contributed by atoms with Gasteiger partial charge in [-0.2, -0.15) is 0 Å². The number of nitrogens with one attached hydrogen (secondary N) is 1. The van der Waals surface area contributed by atoms with E-state index in [9.17, 15) is 4.79 Å². The van der Waals surface area contributed by atoms with Crippen molar-refractivity contribution in [3.63, 3.8) is 0 Å². The highest BCUT2D eigenvalue weighted by atomic mass is 32.1. The van der Waals surface area contributed by atoms with Crippen LogP contribution in [0.15, 0.2) is 47.8 Å². The molecule has 2 aromatic carbocycles. The number of hydrogen-bond acceptors (Lipinski definition) is 4. The summed E-state index contributed by atoms with van der Waals surface area (Å²) in [5.74, 6) is 1.35. The summed E-state index contributed by atoms with van der Waals surface area (Å²) in [4.78, 5) is 18.1. The van der Waals surface area contributed by atoms with Crippen LogP contribution in [0.3, 0.4) is 0 Å². The van der Waals surface area contributed by atoms with Crippen molar-refractivity contribution in [2.45, 2.75) is 47.3 Å². The first kappa shape index (κ1) is 21.1. The lowest BCUT2D eigenvalue weighted by atomic mass is 10.1. The zero-order chi connectivity index (χ0) is 22.0. The van der Waals surface area contributed by atoms with Crippen molar-refractivity contribution in [1.82, 2.24) is 9.55 Å². The van der Waals surface area contributed by atoms with Crippen molar-refractivity contribution in [2.75, 3.05) is 5.32 Å². The van der Waals surface area contributed by atoms with Gasteiger partial charge in [0.2, 0.25) is 5.95 Å². The lowest BCUT2D eigenvalue weighted by Crippen LogP contribution is -2.15. The maximum atomic E-state index is 12.9. The highest BCUT2D eigenvalue weighted by molar-refractivity contribution is 7.12. The molecule has 0 fully saturated rings. The fourth-order valence-corrected chi connectivity index (χ4v) is 4.70. The molecular formula is C25H27N3O2S. The highest BCUT2D eigenvalue weighted by Gasteiger charge is 2.16. The van der Waals surface area contributed by atoms with Crippen LogP contribution in [0.4, 0.5) is 5.95 Å². The third-order valence-electron chi connectivity index (χ3n) is 5.19. The van der Waals surface area contributed by atoms with Crippen molar-refractivity contribution < 1.29 is 9.53 Å². The van der Waals surface area contributed by atoms with Crippen LogP contribution < -0.4 is 10.1 Å². The van der Waals surface area contributed by atoms with Gasteiger partial charge in [0, 0.05) is 12.1 Å². The van der Waals surface area contributed by atoms with E-state index in [4.69, 9.17) is 4.74 Å². The van der Waals surface area contributed by atoms with Gasteiger partial charge >= 0.3 is 0 Å². The van der Waals surface area contributed by atoms with Crippen LogP contribution in [0, 0.1) is 20.8 Å². The number of imidazole rings is 1. The minimum atomic E-state index is -0.147. The number of carbonyl (C=O) groups is 1. The molecule has 2 aromatic heterocycles. The van der Waals surface area contributed by atoms with Gasteiger partial charge in [-0.25, -0.2) is 4.98 Å². The summed E-state index contributed by atoms with van der Waals surface area (Å²) in [5.41, 5.74) is 6.38. The first-order valence-electron chi connectivity index (χ1n) is 10.5. The normalized spacial score (nSPS) is 11.1. The lowest BCUT2D eigenvalue weighted by molar-refractivity contribution is 0.102. The molecule has 0 saturated carbocycles. The summed E-state index contributed by atoms with van der Waals surface area (Å²) >= 11 is 1.42. The molecular weight excluding hydrogens is 406 g/mol. The van der Waals surface area contributed by atoms with Gasteiger partial charge in [0.05, 0.1) is 15.9 Å². The minimum Gasteiger partial charge on any atom is -0.488 e. The van der Waals surface area contributed by atoms with E-state index in [-0.39, 0.29) is 5.91 Å². The minimum absolute atomic E-state index is 0.147. The van der Waals surface area contributed by atoms with Gasteiger partial charge in [0.25, 0.3) is 5.91 Å². The molecule has 0 aliphatic rings. The van der Waals surface area contributed by atoms with Crippen molar-refractivity contribution >= 4 is 34.2 Å². The van der Waals surface area contributed by atoms with Gasteiger partial charge in [-0.1, -0.05) is 36.8 Å². The van der Waals surface area contributed by atoms with Crippen molar-refractivity contribution in [3.8, 4) is 5.75 Å². The Morgan fingerprint density at radius 2 is 1.87 bits per heavy atom. The fourth-order valence-electron chi connectivity index (χ4n) is 3.90. The average molecular weight is 434 g/mol. The molecule has 1 N–H and O–H groups in total. The molecule has 5 nitrogen and oxygen atoms in total. The number of carbonyl (C=O) groups excluding carboxylic acids is 1. The molecule has 4 aromatic rings. The summed E-state index contributed by atoms with van der Waals surface area (Å²) in [5, 5.41) is 4.97. The zero-order valence-electron chi connectivity index (χ0n) is 18.4. The number of ether oxygens (including phenoxy) is 1. The van der Waals surface area contributed by atoms with E-state index in [0.29, 0.717) is 17.4 Å². The Hall–Kier alpha value is -3.12. The van der Waals surface area contributed by atoms with Gasteiger partial charge < -0.3 is 9.30 Å². The number of benzene rings is 2. The standard InChI is InChI=1S/C25H27N3O2S/c1-5-10-28-21-9-7-6-8-20(21)26-25(28)27-24(29)22-13-19(15-31-22)14-30-23-17(3)11-16(2)12-18(23)4/h6-9,11-13,15H,5,10,14H2,1-4H3,(H,26,27,29). The third kappa shape index (κ3) is 4.49. The summed E-state index contributed by atoms with van der Waals surface area (Å²) in [6.07, 6.45) is 0.960. The molecule has 0 saturated heterocycles. The second-order valence-electron chi connectivity index (χ2n) is 7.87. The number of rotatable bonds is 7. The van der Waals surface area contributed by atoms with Gasteiger partial charge in [-0.15, -0.1) is 11.3 Å². The molecule has 0 aliphatic heterocycles. The Morgan fingerprint density at radius 3 is 2.61 bits per heavy atom. The number of fused-ring (bicyclic) bond motifs is 1. The first-order chi connectivity index (χ1) is 15.0. The molecule has 0 aliphatic carbocycles. The van der Waals surface area contributed by atoms with Crippen LogP contribution >= 0.6 is 11.3 Å². The summed E-state index contributed by atoms with van der Waals surface area (Å²) in [7, 11) is 0. The average Bonchev–Trinajstić information content (AvgIpc) is 3.33. The summed E-state index contributed by atoms with van der Waals surface area (Å²) < 4.78 is 8.13. The maximum Gasteiger partial charge on any atom is 0.268 e. The Labute approximate surface area is 186 Å². The van der Waals surface area contributed by atoms with Gasteiger partial charge in [0.15, 0.2) is 0 Å². The van der Waals surface area contributed by atoms with Crippen molar-refractivity contribution in [3.05, 3.63) is 75.0 Å². The molecule has 0 radical (unpaired) electrons.